The quantitative estimate of drug-likeness (QED) is 0.639. The van der Waals surface area contributed by atoms with Gasteiger partial charge >= 0.3 is 0 Å². The van der Waals surface area contributed by atoms with Crippen LogP contribution in [0.1, 0.15) is 11.7 Å². The minimum absolute atomic E-state index is 0.573. The van der Waals surface area contributed by atoms with Gasteiger partial charge in [-0.3, -0.25) is 0 Å². The number of hydrogen-bond donors (Lipinski definition) is 0. The number of rotatable bonds is 1. The lowest BCUT2D eigenvalue weighted by molar-refractivity contribution is -0.0831. The van der Waals surface area contributed by atoms with E-state index in [1.807, 2.05) is 6.07 Å². The molecule has 2 atom stereocenters. The number of halogens is 1. The number of ether oxygens (including phenoxy) is 2. The van der Waals surface area contributed by atoms with Crippen LogP contribution in [0.5, 0.6) is 5.75 Å². The smallest absolute Gasteiger partial charge is 0.235 e. The van der Waals surface area contributed by atoms with Crippen molar-refractivity contribution < 1.29 is 13.9 Å². The van der Waals surface area contributed by atoms with Crippen molar-refractivity contribution in [3.8, 4) is 5.75 Å². The van der Waals surface area contributed by atoms with Crippen LogP contribution in [-0.4, -0.2) is 13.4 Å². The molecule has 0 amide bonds. The summed E-state index contributed by atoms with van der Waals surface area (Å²) in [5.41, 5.74) is 0.573. The molecule has 0 saturated carbocycles. The van der Waals surface area contributed by atoms with Crippen molar-refractivity contribution in [2.45, 2.75) is 12.5 Å². The molecule has 3 heteroatoms. The monoisotopic (exact) mass is 168 g/mol. The minimum atomic E-state index is -1.16. The largest absolute Gasteiger partial charge is 0.461 e. The first-order valence-electron chi connectivity index (χ1n) is 3.75. The van der Waals surface area contributed by atoms with E-state index in [9.17, 15) is 4.39 Å². The predicted octanol–water partition coefficient (Wildman–Crippen LogP) is 2.06. The molecule has 0 radical (unpaired) electrons. The molecule has 2 nitrogen and oxygen atoms in total. The van der Waals surface area contributed by atoms with Gasteiger partial charge in [-0.05, 0) is 6.07 Å². The number of methoxy groups -OCH3 is 1. The Labute approximate surface area is 69.9 Å². The number of hydrogen-bond acceptors (Lipinski definition) is 2. The van der Waals surface area contributed by atoms with Crippen LogP contribution in [0, 0.1) is 0 Å². The van der Waals surface area contributed by atoms with Crippen LogP contribution in [0.15, 0.2) is 24.3 Å². The molecule has 0 bridgehead atoms. The first kappa shape index (κ1) is 7.55. The molecule has 0 spiro atoms. The summed E-state index contributed by atoms with van der Waals surface area (Å²) in [5.74, 6) is 0.580. The minimum Gasteiger partial charge on any atom is -0.461 e. The summed E-state index contributed by atoms with van der Waals surface area (Å²) in [6.45, 7) is 0. The van der Waals surface area contributed by atoms with Gasteiger partial charge in [-0.1, -0.05) is 18.2 Å². The van der Waals surface area contributed by atoms with Gasteiger partial charge in [0.2, 0.25) is 6.29 Å². The van der Waals surface area contributed by atoms with Gasteiger partial charge in [0.15, 0.2) is 6.17 Å². The fourth-order valence-corrected chi connectivity index (χ4v) is 1.31. The molecular weight excluding hydrogens is 159 g/mol. The van der Waals surface area contributed by atoms with E-state index in [-0.39, 0.29) is 0 Å². The fraction of sp³-hybridized carbons (Fsp3) is 0.333. The van der Waals surface area contributed by atoms with E-state index in [1.54, 1.807) is 18.2 Å². The van der Waals surface area contributed by atoms with Crippen molar-refractivity contribution in [2.24, 2.45) is 0 Å². The molecule has 1 aromatic carbocycles. The number of benzene rings is 1. The normalized spacial score (nSPS) is 26.5. The van der Waals surface area contributed by atoms with Gasteiger partial charge in [-0.2, -0.15) is 0 Å². The second kappa shape index (κ2) is 2.75. The van der Waals surface area contributed by atoms with Crippen LogP contribution in [0.4, 0.5) is 4.39 Å². The van der Waals surface area contributed by atoms with E-state index in [0.29, 0.717) is 11.3 Å². The van der Waals surface area contributed by atoms with Gasteiger partial charge in [0.25, 0.3) is 0 Å². The Morgan fingerprint density at radius 3 is 2.83 bits per heavy atom. The highest BCUT2D eigenvalue weighted by molar-refractivity contribution is 5.38. The summed E-state index contributed by atoms with van der Waals surface area (Å²) >= 11 is 0. The van der Waals surface area contributed by atoms with Crippen molar-refractivity contribution in [1.29, 1.82) is 0 Å². The molecule has 2 rings (SSSR count). The molecule has 1 aliphatic rings. The summed E-state index contributed by atoms with van der Waals surface area (Å²) in [5, 5.41) is 0. The lowest BCUT2D eigenvalue weighted by atomic mass is 10.1. The van der Waals surface area contributed by atoms with Gasteiger partial charge < -0.3 is 9.47 Å². The van der Waals surface area contributed by atoms with Gasteiger partial charge in [-0.15, -0.1) is 0 Å². The van der Waals surface area contributed by atoms with Crippen molar-refractivity contribution >= 4 is 0 Å². The zero-order chi connectivity index (χ0) is 8.55. The molecule has 0 aromatic heterocycles. The van der Waals surface area contributed by atoms with Crippen LogP contribution in [-0.2, 0) is 4.74 Å². The lowest BCUT2D eigenvalue weighted by Gasteiger charge is -2.09. The summed E-state index contributed by atoms with van der Waals surface area (Å²) in [4.78, 5) is 0. The maximum absolute atomic E-state index is 13.3. The second-order valence-corrected chi connectivity index (χ2v) is 2.66. The maximum Gasteiger partial charge on any atom is 0.235 e. The predicted molar refractivity (Wildman–Crippen MR) is 41.7 cm³/mol. The SMILES string of the molecule is COC1Oc2ccccc2C1F. The van der Waals surface area contributed by atoms with E-state index < -0.39 is 12.5 Å². The zero-order valence-electron chi connectivity index (χ0n) is 6.66. The zero-order valence-corrected chi connectivity index (χ0v) is 6.66. The highest BCUT2D eigenvalue weighted by Crippen LogP contribution is 2.38. The van der Waals surface area contributed by atoms with Crippen molar-refractivity contribution in [2.75, 3.05) is 7.11 Å². The molecule has 1 heterocycles. The van der Waals surface area contributed by atoms with Gasteiger partial charge in [0.05, 0.1) is 0 Å². The molecule has 0 fully saturated rings. The molecule has 0 N–H and O–H groups in total. The van der Waals surface area contributed by atoms with Crippen LogP contribution >= 0.6 is 0 Å². The van der Waals surface area contributed by atoms with E-state index >= 15 is 0 Å². The molecule has 64 valence electrons. The first-order chi connectivity index (χ1) is 5.83. The number of fused-ring (bicyclic) bond motifs is 1. The Hall–Kier alpha value is -1.09. The number of para-hydroxylation sites is 1. The van der Waals surface area contributed by atoms with Gasteiger partial charge in [0, 0.05) is 12.7 Å². The summed E-state index contributed by atoms with van der Waals surface area (Å²) in [6, 6.07) is 7.04. The summed E-state index contributed by atoms with van der Waals surface area (Å²) in [7, 11) is 1.43. The topological polar surface area (TPSA) is 18.5 Å². The van der Waals surface area contributed by atoms with Crippen molar-refractivity contribution in [3.05, 3.63) is 29.8 Å². The molecular formula is C9H9FO2. The first-order valence-corrected chi connectivity index (χ1v) is 3.75. The standard InChI is InChI=1S/C9H9FO2/c1-11-9-8(10)6-4-2-3-5-7(6)12-9/h2-5,8-9H,1H3. The molecule has 0 saturated heterocycles. The molecule has 0 aliphatic carbocycles. The third kappa shape index (κ3) is 0.975. The van der Waals surface area contributed by atoms with E-state index in [4.69, 9.17) is 9.47 Å². The summed E-state index contributed by atoms with van der Waals surface area (Å²) < 4.78 is 23.3. The van der Waals surface area contributed by atoms with E-state index in [0.717, 1.165) is 0 Å². The molecule has 1 aromatic rings. The maximum atomic E-state index is 13.3. The Morgan fingerprint density at radius 1 is 1.42 bits per heavy atom. The van der Waals surface area contributed by atoms with Crippen LogP contribution in [0.3, 0.4) is 0 Å². The Balaban J connectivity index is 2.35. The average Bonchev–Trinajstić information content (AvgIpc) is 2.44. The third-order valence-corrected chi connectivity index (χ3v) is 1.93. The van der Waals surface area contributed by atoms with E-state index in [2.05, 4.69) is 0 Å². The van der Waals surface area contributed by atoms with Crippen LogP contribution < -0.4 is 4.74 Å². The van der Waals surface area contributed by atoms with E-state index in [1.165, 1.54) is 7.11 Å². The lowest BCUT2D eigenvalue weighted by Crippen LogP contribution is -2.17. The van der Waals surface area contributed by atoms with Crippen LogP contribution in [0.2, 0.25) is 0 Å². The average molecular weight is 168 g/mol. The Morgan fingerprint density at radius 2 is 2.17 bits per heavy atom. The Bertz CT molecular complexity index is 288. The van der Waals surface area contributed by atoms with Gasteiger partial charge in [-0.25, -0.2) is 4.39 Å². The summed E-state index contributed by atoms with van der Waals surface area (Å²) in [6.07, 6.45) is -1.94. The second-order valence-electron chi connectivity index (χ2n) is 2.66. The van der Waals surface area contributed by atoms with Crippen molar-refractivity contribution in [1.82, 2.24) is 0 Å². The number of alkyl halides is 1. The Kier molecular flexibility index (Phi) is 1.73. The highest BCUT2D eigenvalue weighted by atomic mass is 19.1. The molecule has 2 unspecified atom stereocenters. The third-order valence-electron chi connectivity index (χ3n) is 1.93. The molecule has 1 aliphatic heterocycles. The fourth-order valence-electron chi connectivity index (χ4n) is 1.31. The molecule has 12 heavy (non-hydrogen) atoms. The van der Waals surface area contributed by atoms with Gasteiger partial charge in [0.1, 0.15) is 5.75 Å². The van der Waals surface area contributed by atoms with Crippen molar-refractivity contribution in [3.63, 3.8) is 0 Å². The highest BCUT2D eigenvalue weighted by Gasteiger charge is 2.33. The van der Waals surface area contributed by atoms with Crippen LogP contribution in [0.25, 0.3) is 0 Å².